The predicted molar refractivity (Wildman–Crippen MR) is 67.1 cm³/mol. The summed E-state index contributed by atoms with van der Waals surface area (Å²) in [6.45, 7) is 2.58. The summed E-state index contributed by atoms with van der Waals surface area (Å²) in [5.74, 6) is 2.05. The molecule has 0 saturated heterocycles. The van der Waals surface area contributed by atoms with E-state index in [4.69, 9.17) is 4.74 Å². The second-order valence-corrected chi connectivity index (χ2v) is 3.68. The summed E-state index contributed by atoms with van der Waals surface area (Å²) in [5, 5.41) is 3.25. The number of nitrogens with one attached hydrogen (secondary N) is 1. The molecule has 1 N–H and O–H groups in total. The quantitative estimate of drug-likeness (QED) is 0.874. The Morgan fingerprint density at radius 3 is 2.65 bits per heavy atom. The van der Waals surface area contributed by atoms with Crippen LogP contribution in [0.4, 0.5) is 5.82 Å². The smallest absolute Gasteiger partial charge is 0.218 e. The Labute approximate surface area is 101 Å². The summed E-state index contributed by atoms with van der Waals surface area (Å²) in [5.41, 5.74) is 1.21. The minimum absolute atomic E-state index is 0.577. The summed E-state index contributed by atoms with van der Waals surface area (Å²) in [7, 11) is 1.60. The lowest BCUT2D eigenvalue weighted by Gasteiger charge is -2.07. The molecule has 0 aliphatic rings. The minimum Gasteiger partial charge on any atom is -0.481 e. The van der Waals surface area contributed by atoms with Crippen molar-refractivity contribution >= 4 is 5.82 Å². The van der Waals surface area contributed by atoms with Gasteiger partial charge in [0.05, 0.1) is 7.11 Å². The first-order valence-electron chi connectivity index (χ1n) is 5.45. The van der Waals surface area contributed by atoms with Crippen molar-refractivity contribution in [3.8, 4) is 5.88 Å². The molecule has 4 heteroatoms. The number of benzene rings is 1. The van der Waals surface area contributed by atoms with Gasteiger partial charge < -0.3 is 10.1 Å². The first-order valence-corrected chi connectivity index (χ1v) is 5.45. The van der Waals surface area contributed by atoms with Crippen LogP contribution < -0.4 is 10.1 Å². The highest BCUT2D eigenvalue weighted by Crippen LogP contribution is 2.13. The zero-order chi connectivity index (χ0) is 12.1. The Kier molecular flexibility index (Phi) is 3.55. The summed E-state index contributed by atoms with van der Waals surface area (Å²) in [6, 6.07) is 12.0. The summed E-state index contributed by atoms with van der Waals surface area (Å²) >= 11 is 0. The molecule has 0 unspecified atom stereocenters. The first kappa shape index (κ1) is 11.4. The van der Waals surface area contributed by atoms with Gasteiger partial charge in [0, 0.05) is 12.6 Å². The third-order valence-electron chi connectivity index (χ3n) is 2.34. The number of nitrogens with zero attached hydrogens (tertiary/aromatic N) is 2. The third kappa shape index (κ3) is 3.17. The molecule has 0 amide bonds. The van der Waals surface area contributed by atoms with Gasteiger partial charge in [-0.05, 0) is 12.5 Å². The Balaban J connectivity index is 2.06. The van der Waals surface area contributed by atoms with Crippen molar-refractivity contribution in [2.75, 3.05) is 12.4 Å². The summed E-state index contributed by atoms with van der Waals surface area (Å²) in [4.78, 5) is 8.43. The van der Waals surface area contributed by atoms with Gasteiger partial charge in [-0.3, -0.25) is 0 Å². The van der Waals surface area contributed by atoms with E-state index in [1.807, 2.05) is 25.1 Å². The topological polar surface area (TPSA) is 47.0 Å². The van der Waals surface area contributed by atoms with Gasteiger partial charge in [0.15, 0.2) is 0 Å². The Morgan fingerprint density at radius 1 is 1.18 bits per heavy atom. The van der Waals surface area contributed by atoms with Crippen LogP contribution >= 0.6 is 0 Å². The summed E-state index contributed by atoms with van der Waals surface area (Å²) < 4.78 is 5.10. The molecule has 88 valence electrons. The minimum atomic E-state index is 0.577. The fourth-order valence-corrected chi connectivity index (χ4v) is 1.52. The molecule has 0 aliphatic carbocycles. The average Bonchev–Trinajstić information content (AvgIpc) is 2.37. The molecule has 1 aromatic heterocycles. The second kappa shape index (κ2) is 5.30. The van der Waals surface area contributed by atoms with Gasteiger partial charge in [0.2, 0.25) is 5.88 Å². The van der Waals surface area contributed by atoms with E-state index in [2.05, 4.69) is 27.4 Å². The predicted octanol–water partition coefficient (Wildman–Crippen LogP) is 2.41. The molecule has 0 fully saturated rings. The highest BCUT2D eigenvalue weighted by atomic mass is 16.5. The fourth-order valence-electron chi connectivity index (χ4n) is 1.52. The highest BCUT2D eigenvalue weighted by molar-refractivity contribution is 5.39. The van der Waals surface area contributed by atoms with Crippen LogP contribution in [-0.4, -0.2) is 17.1 Å². The number of hydrogen-bond acceptors (Lipinski definition) is 4. The van der Waals surface area contributed by atoms with Crippen molar-refractivity contribution in [1.29, 1.82) is 0 Å². The maximum atomic E-state index is 5.10. The van der Waals surface area contributed by atoms with E-state index in [1.54, 1.807) is 13.2 Å². The molecular formula is C13H15N3O. The van der Waals surface area contributed by atoms with E-state index in [9.17, 15) is 0 Å². The molecule has 0 bridgehead atoms. The zero-order valence-electron chi connectivity index (χ0n) is 9.97. The molecule has 0 saturated carbocycles. The van der Waals surface area contributed by atoms with Crippen LogP contribution in [0, 0.1) is 6.92 Å². The van der Waals surface area contributed by atoms with E-state index in [0.717, 1.165) is 12.4 Å². The molecule has 0 spiro atoms. The van der Waals surface area contributed by atoms with Gasteiger partial charge in [-0.25, -0.2) is 4.98 Å². The summed E-state index contributed by atoms with van der Waals surface area (Å²) in [6.07, 6.45) is 0. The Hall–Kier alpha value is -2.10. The lowest BCUT2D eigenvalue weighted by atomic mass is 10.2. The van der Waals surface area contributed by atoms with Crippen molar-refractivity contribution in [3.63, 3.8) is 0 Å². The monoisotopic (exact) mass is 229 g/mol. The number of methoxy groups -OCH3 is 1. The van der Waals surface area contributed by atoms with Gasteiger partial charge >= 0.3 is 0 Å². The van der Waals surface area contributed by atoms with Gasteiger partial charge in [-0.15, -0.1) is 0 Å². The van der Waals surface area contributed by atoms with E-state index in [-0.39, 0.29) is 0 Å². The lowest BCUT2D eigenvalue weighted by Crippen LogP contribution is -2.03. The molecule has 4 nitrogen and oxygen atoms in total. The first-order chi connectivity index (χ1) is 8.28. The number of hydrogen-bond donors (Lipinski definition) is 1. The second-order valence-electron chi connectivity index (χ2n) is 3.68. The van der Waals surface area contributed by atoms with Crippen molar-refractivity contribution < 1.29 is 4.74 Å². The lowest BCUT2D eigenvalue weighted by molar-refractivity contribution is 0.396. The maximum Gasteiger partial charge on any atom is 0.218 e. The molecule has 0 atom stereocenters. The van der Waals surface area contributed by atoms with Crippen molar-refractivity contribution in [2.24, 2.45) is 0 Å². The van der Waals surface area contributed by atoms with Gasteiger partial charge in [0.1, 0.15) is 11.6 Å². The van der Waals surface area contributed by atoms with E-state index in [0.29, 0.717) is 11.7 Å². The molecule has 2 aromatic rings. The van der Waals surface area contributed by atoms with Crippen LogP contribution in [-0.2, 0) is 6.54 Å². The van der Waals surface area contributed by atoms with E-state index < -0.39 is 0 Å². The molecular weight excluding hydrogens is 214 g/mol. The fraction of sp³-hybridized carbons (Fsp3) is 0.231. The van der Waals surface area contributed by atoms with E-state index in [1.165, 1.54) is 5.56 Å². The highest BCUT2D eigenvalue weighted by Gasteiger charge is 2.01. The van der Waals surface area contributed by atoms with Crippen LogP contribution in [0.5, 0.6) is 5.88 Å². The third-order valence-corrected chi connectivity index (χ3v) is 2.34. The number of aromatic nitrogens is 2. The SMILES string of the molecule is COc1cc(NCc2ccccc2)nc(C)n1. The number of aryl methyl sites for hydroxylation is 1. The molecule has 1 heterocycles. The van der Waals surface area contributed by atoms with Crippen molar-refractivity contribution in [1.82, 2.24) is 9.97 Å². The van der Waals surface area contributed by atoms with Gasteiger partial charge in [0.25, 0.3) is 0 Å². The van der Waals surface area contributed by atoms with Crippen LogP contribution in [0.25, 0.3) is 0 Å². The molecule has 0 radical (unpaired) electrons. The molecule has 1 aromatic carbocycles. The number of ether oxygens (including phenoxy) is 1. The molecule has 2 rings (SSSR count). The molecule has 0 aliphatic heterocycles. The normalized spacial score (nSPS) is 10.0. The average molecular weight is 229 g/mol. The Morgan fingerprint density at radius 2 is 1.94 bits per heavy atom. The largest absolute Gasteiger partial charge is 0.481 e. The van der Waals surface area contributed by atoms with Crippen LogP contribution in [0.3, 0.4) is 0 Å². The van der Waals surface area contributed by atoms with Crippen LogP contribution in [0.2, 0.25) is 0 Å². The molecule has 17 heavy (non-hydrogen) atoms. The van der Waals surface area contributed by atoms with Crippen LogP contribution in [0.15, 0.2) is 36.4 Å². The zero-order valence-corrected chi connectivity index (χ0v) is 9.97. The number of anilines is 1. The maximum absolute atomic E-state index is 5.10. The van der Waals surface area contributed by atoms with Crippen molar-refractivity contribution in [3.05, 3.63) is 47.8 Å². The van der Waals surface area contributed by atoms with Crippen LogP contribution in [0.1, 0.15) is 11.4 Å². The Bertz CT molecular complexity index is 485. The van der Waals surface area contributed by atoms with Crippen molar-refractivity contribution in [2.45, 2.75) is 13.5 Å². The van der Waals surface area contributed by atoms with Gasteiger partial charge in [-0.1, -0.05) is 30.3 Å². The standard InChI is InChI=1S/C13H15N3O/c1-10-15-12(8-13(16-10)17-2)14-9-11-6-4-3-5-7-11/h3-8H,9H2,1-2H3,(H,14,15,16). The van der Waals surface area contributed by atoms with E-state index >= 15 is 0 Å². The number of rotatable bonds is 4. The van der Waals surface area contributed by atoms with Gasteiger partial charge in [-0.2, -0.15) is 4.98 Å².